The second-order valence-corrected chi connectivity index (χ2v) is 8.95. The molecule has 1 aliphatic rings. The number of halogens is 3. The second kappa shape index (κ2) is 9.28. The van der Waals surface area contributed by atoms with Crippen LogP contribution in [0.25, 0.3) is 6.08 Å². The minimum absolute atomic E-state index is 0.226. The lowest BCUT2D eigenvalue weighted by Crippen LogP contribution is -2.20. The van der Waals surface area contributed by atoms with Gasteiger partial charge in [-0.1, -0.05) is 63.1 Å². The molecule has 2 aromatic rings. The molecule has 0 saturated carbocycles. The number of hydrogen-bond donors (Lipinski definition) is 2. The Morgan fingerprint density at radius 3 is 2.71 bits per heavy atom. The van der Waals surface area contributed by atoms with Crippen LogP contribution in [0.3, 0.4) is 0 Å². The molecule has 10 heteroatoms. The Labute approximate surface area is 188 Å². The molecule has 2 N–H and O–H groups in total. The average Bonchev–Trinajstić information content (AvgIpc) is 2.94. The summed E-state index contributed by atoms with van der Waals surface area (Å²) >= 11 is 21.4. The van der Waals surface area contributed by atoms with Gasteiger partial charge < -0.3 is 15.4 Å². The normalized spacial score (nSPS) is 14.9. The molecule has 0 aliphatic carbocycles. The lowest BCUT2D eigenvalue weighted by atomic mass is 10.2. The van der Waals surface area contributed by atoms with Crippen molar-refractivity contribution < 1.29 is 14.3 Å². The number of carbonyl (C=O) groups is 2. The fraction of sp³-hybridized carbons (Fsp3) is 0.0556. The number of thiocarbonyl (C=S) groups is 1. The molecule has 2 amide bonds. The smallest absolute Gasteiger partial charge is 0.263 e. The molecule has 2 aromatic carbocycles. The van der Waals surface area contributed by atoms with Gasteiger partial charge >= 0.3 is 0 Å². The molecule has 0 spiro atoms. The summed E-state index contributed by atoms with van der Waals surface area (Å²) in [6.45, 7) is -0.226. The number of amides is 2. The summed E-state index contributed by atoms with van der Waals surface area (Å²) in [5, 5.41) is 5.98. The first-order valence-electron chi connectivity index (χ1n) is 7.74. The van der Waals surface area contributed by atoms with Crippen LogP contribution in [0.15, 0.2) is 45.8 Å². The summed E-state index contributed by atoms with van der Waals surface area (Å²) in [6.07, 6.45) is 1.66. The molecular weight excluding hydrogens is 507 g/mol. The molecule has 144 valence electrons. The van der Waals surface area contributed by atoms with Gasteiger partial charge in [0.2, 0.25) is 0 Å². The Balaban J connectivity index is 1.71. The second-order valence-electron chi connectivity index (χ2n) is 5.50. The molecule has 0 atom stereocenters. The Morgan fingerprint density at radius 1 is 1.25 bits per heavy atom. The molecule has 28 heavy (non-hydrogen) atoms. The summed E-state index contributed by atoms with van der Waals surface area (Å²) in [5.74, 6) is -0.182. The highest BCUT2D eigenvalue weighted by Crippen LogP contribution is 2.31. The molecular formula is C18H11BrCl2N2O3S2. The van der Waals surface area contributed by atoms with Crippen molar-refractivity contribution in [3.8, 4) is 5.75 Å². The standard InChI is InChI=1S/C18H11BrCl2N2O3S2/c19-10-1-4-14(9(5-10)6-15-17(25)23-18(27)28-15)26-8-16(24)22-11-2-3-12(20)13(21)7-11/h1-7H,8H2,(H,22,24)(H,23,25,27)/b15-6+. The molecule has 0 unspecified atom stereocenters. The minimum Gasteiger partial charge on any atom is -0.483 e. The molecule has 5 nitrogen and oxygen atoms in total. The Kier molecular flexibility index (Phi) is 7.00. The third kappa shape index (κ3) is 5.48. The van der Waals surface area contributed by atoms with E-state index >= 15 is 0 Å². The largest absolute Gasteiger partial charge is 0.483 e. The number of hydrogen-bond acceptors (Lipinski definition) is 5. The highest BCUT2D eigenvalue weighted by molar-refractivity contribution is 9.10. The number of ether oxygens (including phenoxy) is 1. The lowest BCUT2D eigenvalue weighted by molar-refractivity contribution is -0.118. The van der Waals surface area contributed by atoms with Crippen molar-refractivity contribution in [2.45, 2.75) is 0 Å². The van der Waals surface area contributed by atoms with Gasteiger partial charge in [0.05, 0.1) is 15.0 Å². The van der Waals surface area contributed by atoms with Gasteiger partial charge in [0, 0.05) is 15.7 Å². The monoisotopic (exact) mass is 516 g/mol. The Hall–Kier alpha value is -1.58. The maximum absolute atomic E-state index is 12.2. The Bertz CT molecular complexity index is 1010. The fourth-order valence-corrected chi connectivity index (χ4v) is 3.95. The number of nitrogens with one attached hydrogen (secondary N) is 2. The van der Waals surface area contributed by atoms with E-state index in [1.54, 1.807) is 42.5 Å². The quantitative estimate of drug-likeness (QED) is 0.418. The number of rotatable bonds is 5. The number of benzene rings is 2. The van der Waals surface area contributed by atoms with Gasteiger partial charge in [-0.3, -0.25) is 9.59 Å². The third-order valence-electron chi connectivity index (χ3n) is 3.46. The van der Waals surface area contributed by atoms with Crippen molar-refractivity contribution in [3.63, 3.8) is 0 Å². The van der Waals surface area contributed by atoms with Crippen molar-refractivity contribution >= 4 is 91.0 Å². The van der Waals surface area contributed by atoms with E-state index in [1.165, 1.54) is 11.8 Å². The van der Waals surface area contributed by atoms with Gasteiger partial charge in [-0.15, -0.1) is 0 Å². The predicted octanol–water partition coefficient (Wildman–Crippen LogP) is 5.26. The number of thioether (sulfide) groups is 1. The molecule has 0 bridgehead atoms. The van der Waals surface area contributed by atoms with Gasteiger partial charge in [0.1, 0.15) is 10.1 Å². The highest BCUT2D eigenvalue weighted by atomic mass is 79.9. The topological polar surface area (TPSA) is 67.4 Å². The van der Waals surface area contributed by atoms with Crippen molar-refractivity contribution in [1.29, 1.82) is 0 Å². The summed E-state index contributed by atoms with van der Waals surface area (Å²) in [4.78, 5) is 24.5. The van der Waals surface area contributed by atoms with Crippen LogP contribution in [0.4, 0.5) is 5.69 Å². The first-order chi connectivity index (χ1) is 13.3. The van der Waals surface area contributed by atoms with E-state index in [-0.39, 0.29) is 18.4 Å². The number of carbonyl (C=O) groups excluding carboxylic acids is 2. The van der Waals surface area contributed by atoms with Gasteiger partial charge in [0.25, 0.3) is 11.8 Å². The van der Waals surface area contributed by atoms with Gasteiger partial charge in [-0.25, -0.2) is 0 Å². The fourth-order valence-electron chi connectivity index (χ4n) is 2.24. The zero-order chi connectivity index (χ0) is 20.3. The zero-order valence-corrected chi connectivity index (χ0v) is 18.7. The first kappa shape index (κ1) is 21.1. The first-order valence-corrected chi connectivity index (χ1v) is 10.5. The van der Waals surface area contributed by atoms with Crippen LogP contribution in [0.1, 0.15) is 5.56 Å². The molecule has 0 aromatic heterocycles. The van der Waals surface area contributed by atoms with Crippen molar-refractivity contribution in [2.24, 2.45) is 0 Å². The molecule has 1 heterocycles. The van der Waals surface area contributed by atoms with E-state index in [1.807, 2.05) is 0 Å². The maximum Gasteiger partial charge on any atom is 0.263 e. The van der Waals surface area contributed by atoms with Crippen LogP contribution >= 0.6 is 63.1 Å². The summed E-state index contributed by atoms with van der Waals surface area (Å²) in [5.41, 5.74) is 1.15. The van der Waals surface area contributed by atoms with Crippen molar-refractivity contribution in [2.75, 3.05) is 11.9 Å². The summed E-state index contributed by atoms with van der Waals surface area (Å²) in [7, 11) is 0. The van der Waals surface area contributed by atoms with Crippen molar-refractivity contribution in [3.05, 3.63) is 61.4 Å². The Morgan fingerprint density at radius 2 is 2.04 bits per heavy atom. The van der Waals surface area contributed by atoms with Gasteiger partial charge in [-0.2, -0.15) is 0 Å². The predicted molar refractivity (Wildman–Crippen MR) is 121 cm³/mol. The average molecular weight is 518 g/mol. The summed E-state index contributed by atoms with van der Waals surface area (Å²) < 4.78 is 6.84. The van der Waals surface area contributed by atoms with Crippen LogP contribution < -0.4 is 15.4 Å². The third-order valence-corrected chi connectivity index (χ3v) is 5.86. The van der Waals surface area contributed by atoms with Crippen molar-refractivity contribution in [1.82, 2.24) is 5.32 Å². The van der Waals surface area contributed by atoms with E-state index in [2.05, 4.69) is 26.6 Å². The lowest BCUT2D eigenvalue weighted by Gasteiger charge is -2.11. The molecule has 1 aliphatic heterocycles. The van der Waals surface area contributed by atoms with Gasteiger partial charge in [-0.05, 0) is 42.5 Å². The van der Waals surface area contributed by atoms with Crippen LogP contribution in [0.2, 0.25) is 10.0 Å². The van der Waals surface area contributed by atoms with Crippen LogP contribution in [0.5, 0.6) is 5.75 Å². The molecule has 1 saturated heterocycles. The van der Waals surface area contributed by atoms with E-state index in [9.17, 15) is 9.59 Å². The van der Waals surface area contributed by atoms with Crippen LogP contribution in [-0.4, -0.2) is 22.7 Å². The SMILES string of the molecule is O=C(COc1ccc(Br)cc1/C=C1/SC(=S)NC1=O)Nc1ccc(Cl)c(Cl)c1. The highest BCUT2D eigenvalue weighted by Gasteiger charge is 2.22. The molecule has 3 rings (SSSR count). The van der Waals surface area contributed by atoms with E-state index in [0.717, 1.165) is 4.47 Å². The van der Waals surface area contributed by atoms with Crippen LogP contribution in [-0.2, 0) is 9.59 Å². The number of anilines is 1. The molecule has 1 fully saturated rings. The summed E-state index contributed by atoms with van der Waals surface area (Å²) in [6, 6.07) is 10.1. The maximum atomic E-state index is 12.2. The van der Waals surface area contributed by atoms with E-state index < -0.39 is 0 Å². The van der Waals surface area contributed by atoms with Crippen LogP contribution in [0, 0.1) is 0 Å². The molecule has 0 radical (unpaired) electrons. The zero-order valence-electron chi connectivity index (χ0n) is 13.9. The van der Waals surface area contributed by atoms with E-state index in [4.69, 9.17) is 40.2 Å². The minimum atomic E-state index is -0.367. The van der Waals surface area contributed by atoms with Gasteiger partial charge in [0.15, 0.2) is 6.61 Å². The van der Waals surface area contributed by atoms with E-state index in [0.29, 0.717) is 36.3 Å².